The maximum atomic E-state index is 13.1. The number of esters is 1. The van der Waals surface area contributed by atoms with Crippen LogP contribution in [0.4, 0.5) is 10.1 Å². The summed E-state index contributed by atoms with van der Waals surface area (Å²) in [5, 5.41) is 10.9. The lowest BCUT2D eigenvalue weighted by Gasteiger charge is -2.17. The molecule has 3 aromatic rings. The van der Waals surface area contributed by atoms with Crippen molar-refractivity contribution in [3.05, 3.63) is 88.7 Å². The molecule has 0 unspecified atom stereocenters. The summed E-state index contributed by atoms with van der Waals surface area (Å²) in [6.45, 7) is -0.239. The molecule has 0 aliphatic rings. The molecule has 0 saturated heterocycles. The van der Waals surface area contributed by atoms with E-state index in [9.17, 15) is 22.7 Å². The number of aliphatic hydroxyl groups excluding tert-OH is 1. The number of carbonyl (C=O) groups excluding carboxylic acids is 1. The number of rotatable bonds is 8. The second-order valence-corrected chi connectivity index (χ2v) is 8.76. The van der Waals surface area contributed by atoms with Gasteiger partial charge in [0.05, 0.1) is 23.3 Å². The lowest BCUT2D eigenvalue weighted by molar-refractivity contribution is 0.0600. The van der Waals surface area contributed by atoms with Gasteiger partial charge in [0.2, 0.25) is 0 Å². The first-order valence-electron chi connectivity index (χ1n) is 9.26. The van der Waals surface area contributed by atoms with Gasteiger partial charge in [0.15, 0.2) is 0 Å². The van der Waals surface area contributed by atoms with E-state index in [1.807, 2.05) is 0 Å². The molecule has 0 heterocycles. The Balaban J connectivity index is 1.87. The van der Waals surface area contributed by atoms with Crippen LogP contribution < -0.4 is 9.46 Å². The molecule has 0 aromatic heterocycles. The summed E-state index contributed by atoms with van der Waals surface area (Å²) in [6.07, 6.45) is -1.05. The van der Waals surface area contributed by atoms with Gasteiger partial charge in [-0.1, -0.05) is 23.7 Å². The van der Waals surface area contributed by atoms with Gasteiger partial charge in [0.25, 0.3) is 10.0 Å². The van der Waals surface area contributed by atoms with Gasteiger partial charge < -0.3 is 14.6 Å². The van der Waals surface area contributed by atoms with Crippen LogP contribution in [-0.4, -0.2) is 33.2 Å². The molecule has 0 fully saturated rings. The first-order chi connectivity index (χ1) is 15.2. The molecule has 10 heteroatoms. The molecule has 0 bridgehead atoms. The van der Waals surface area contributed by atoms with E-state index in [1.54, 1.807) is 24.3 Å². The fraction of sp³-hybridized carbons (Fsp3) is 0.136. The fourth-order valence-corrected chi connectivity index (χ4v) is 3.93. The number of sulfonamides is 1. The molecule has 32 heavy (non-hydrogen) atoms. The number of hydrogen-bond donors (Lipinski definition) is 2. The zero-order chi connectivity index (χ0) is 23.3. The van der Waals surface area contributed by atoms with Crippen LogP contribution in [0.2, 0.25) is 5.02 Å². The molecule has 1 atom stereocenters. The van der Waals surface area contributed by atoms with E-state index in [4.69, 9.17) is 16.3 Å². The normalized spacial score (nSPS) is 12.1. The van der Waals surface area contributed by atoms with Gasteiger partial charge in [-0.15, -0.1) is 0 Å². The number of anilines is 1. The van der Waals surface area contributed by atoms with Gasteiger partial charge in [-0.2, -0.15) is 0 Å². The number of halogens is 2. The van der Waals surface area contributed by atoms with Crippen molar-refractivity contribution >= 4 is 33.3 Å². The van der Waals surface area contributed by atoms with Crippen molar-refractivity contribution in [3.8, 4) is 5.75 Å². The molecule has 0 spiro atoms. The highest BCUT2D eigenvalue weighted by Gasteiger charge is 2.19. The predicted octanol–water partition coefficient (Wildman–Crippen LogP) is 4.18. The largest absolute Gasteiger partial charge is 0.488 e. The van der Waals surface area contributed by atoms with Gasteiger partial charge in [0.1, 0.15) is 24.3 Å². The molecule has 168 valence electrons. The highest BCUT2D eigenvalue weighted by atomic mass is 35.5. The van der Waals surface area contributed by atoms with Crippen LogP contribution in [0.25, 0.3) is 0 Å². The van der Waals surface area contributed by atoms with Crippen LogP contribution in [0.3, 0.4) is 0 Å². The van der Waals surface area contributed by atoms with Gasteiger partial charge in [-0.3, -0.25) is 4.72 Å². The van der Waals surface area contributed by atoms with Crippen LogP contribution in [0.5, 0.6) is 5.75 Å². The van der Waals surface area contributed by atoms with Crippen molar-refractivity contribution in [2.45, 2.75) is 11.0 Å². The highest BCUT2D eigenvalue weighted by molar-refractivity contribution is 7.92. The molecule has 0 aliphatic carbocycles. The summed E-state index contributed by atoms with van der Waals surface area (Å²) in [5.74, 6) is -1.24. The predicted molar refractivity (Wildman–Crippen MR) is 117 cm³/mol. The Morgan fingerprint density at radius 3 is 2.38 bits per heavy atom. The van der Waals surface area contributed by atoms with Crippen LogP contribution >= 0.6 is 11.6 Å². The lowest BCUT2D eigenvalue weighted by Crippen LogP contribution is -2.16. The molecular formula is C22H19ClFNO6S. The van der Waals surface area contributed by atoms with Crippen molar-refractivity contribution < 1.29 is 32.2 Å². The third-order valence-corrected chi connectivity index (χ3v) is 6.06. The van der Waals surface area contributed by atoms with Crippen molar-refractivity contribution in [3.63, 3.8) is 0 Å². The minimum atomic E-state index is -4.08. The molecule has 0 amide bonds. The summed E-state index contributed by atoms with van der Waals surface area (Å²) >= 11 is 5.85. The summed E-state index contributed by atoms with van der Waals surface area (Å²) in [6, 6.07) is 14.7. The molecule has 7 nitrogen and oxygen atoms in total. The topological polar surface area (TPSA) is 102 Å². The van der Waals surface area contributed by atoms with E-state index in [-0.39, 0.29) is 28.5 Å². The van der Waals surface area contributed by atoms with E-state index in [0.717, 1.165) is 24.3 Å². The van der Waals surface area contributed by atoms with Crippen molar-refractivity contribution in [2.75, 3.05) is 18.4 Å². The number of hydrogen-bond acceptors (Lipinski definition) is 6. The first kappa shape index (κ1) is 23.5. The van der Waals surface area contributed by atoms with Gasteiger partial charge in [-0.25, -0.2) is 17.6 Å². The van der Waals surface area contributed by atoms with Gasteiger partial charge >= 0.3 is 5.97 Å². The minimum Gasteiger partial charge on any atom is -0.488 e. The molecular weight excluding hydrogens is 461 g/mol. The zero-order valence-electron chi connectivity index (χ0n) is 16.8. The Bertz CT molecular complexity index is 1200. The first-order valence-corrected chi connectivity index (χ1v) is 11.1. The third-order valence-electron chi connectivity index (χ3n) is 4.42. The number of nitrogens with one attached hydrogen (secondary N) is 1. The van der Waals surface area contributed by atoms with E-state index < -0.39 is 27.9 Å². The van der Waals surface area contributed by atoms with Crippen LogP contribution in [0.1, 0.15) is 22.0 Å². The second-order valence-electron chi connectivity index (χ2n) is 6.64. The molecule has 0 aliphatic heterocycles. The number of benzene rings is 3. The average Bonchev–Trinajstić information content (AvgIpc) is 2.78. The smallest absolute Gasteiger partial charge is 0.337 e. The van der Waals surface area contributed by atoms with Crippen molar-refractivity contribution in [2.24, 2.45) is 0 Å². The Morgan fingerprint density at radius 1 is 1.09 bits per heavy atom. The van der Waals surface area contributed by atoms with Crippen LogP contribution in [-0.2, 0) is 14.8 Å². The Hall–Kier alpha value is -3.14. The van der Waals surface area contributed by atoms with Crippen LogP contribution in [0, 0.1) is 5.82 Å². The highest BCUT2D eigenvalue weighted by Crippen LogP contribution is 2.30. The average molecular weight is 480 g/mol. The van der Waals surface area contributed by atoms with Crippen LogP contribution in [0.15, 0.2) is 71.6 Å². The van der Waals surface area contributed by atoms with E-state index in [2.05, 4.69) is 9.46 Å². The quantitative estimate of drug-likeness (QED) is 0.470. The fourth-order valence-electron chi connectivity index (χ4n) is 2.74. The van der Waals surface area contributed by atoms with Gasteiger partial charge in [0, 0.05) is 5.02 Å². The number of ether oxygens (including phenoxy) is 2. The van der Waals surface area contributed by atoms with E-state index in [1.165, 1.54) is 25.3 Å². The van der Waals surface area contributed by atoms with Crippen molar-refractivity contribution in [1.82, 2.24) is 0 Å². The molecule has 0 radical (unpaired) electrons. The summed E-state index contributed by atoms with van der Waals surface area (Å²) in [7, 11) is -2.87. The summed E-state index contributed by atoms with van der Waals surface area (Å²) in [4.78, 5) is 11.7. The zero-order valence-corrected chi connectivity index (χ0v) is 18.4. The monoisotopic (exact) mass is 479 g/mol. The Labute approximate surface area is 189 Å². The number of methoxy groups -OCH3 is 1. The molecule has 0 saturated carbocycles. The standard InChI is InChI=1S/C22H19ClFNO6S/c1-30-22(27)15-4-11-19(25-32(28,29)18-9-7-17(24)8-10-18)21(12-15)31-13-20(26)14-2-5-16(23)6-3-14/h2-12,20,25-26H,13H2,1H3/t20-/m0/s1. The van der Waals surface area contributed by atoms with E-state index in [0.29, 0.717) is 10.6 Å². The van der Waals surface area contributed by atoms with Crippen molar-refractivity contribution in [1.29, 1.82) is 0 Å². The molecule has 2 N–H and O–H groups in total. The lowest BCUT2D eigenvalue weighted by atomic mass is 10.1. The third kappa shape index (κ3) is 5.76. The molecule has 3 aromatic carbocycles. The minimum absolute atomic E-state index is 0.00778. The van der Waals surface area contributed by atoms with E-state index >= 15 is 0 Å². The second kappa shape index (κ2) is 9.99. The number of aliphatic hydroxyl groups is 1. The maximum Gasteiger partial charge on any atom is 0.337 e. The Kier molecular flexibility index (Phi) is 7.34. The molecule has 3 rings (SSSR count). The SMILES string of the molecule is COC(=O)c1ccc(NS(=O)(=O)c2ccc(F)cc2)c(OC[C@H](O)c2ccc(Cl)cc2)c1. The number of carbonyl (C=O) groups is 1. The Morgan fingerprint density at radius 2 is 1.75 bits per heavy atom. The van der Waals surface area contributed by atoms with Gasteiger partial charge in [-0.05, 0) is 60.2 Å². The summed E-state index contributed by atoms with van der Waals surface area (Å²) in [5.41, 5.74) is 0.672. The summed E-state index contributed by atoms with van der Waals surface area (Å²) < 4.78 is 51.2. The maximum absolute atomic E-state index is 13.1.